The average Bonchev–Trinajstić information content (AvgIpc) is 2.91. The zero-order valence-corrected chi connectivity index (χ0v) is 10.3. The molecule has 0 amide bonds. The summed E-state index contributed by atoms with van der Waals surface area (Å²) < 4.78 is 9.62. The largest absolute Gasteiger partial charge is 0.468 e. The zero-order chi connectivity index (χ0) is 12.9. The van der Waals surface area contributed by atoms with Crippen LogP contribution in [-0.2, 0) is 25.5 Å². The van der Waals surface area contributed by atoms with Gasteiger partial charge in [-0.15, -0.1) is 0 Å². The highest BCUT2D eigenvalue weighted by Gasteiger charge is 2.78. The Hall–Kier alpha value is -1.84. The minimum absolute atomic E-state index is 0.00481. The first-order valence-corrected chi connectivity index (χ1v) is 5.92. The van der Waals surface area contributed by atoms with E-state index in [0.29, 0.717) is 0 Å². The fourth-order valence-corrected chi connectivity index (χ4v) is 3.44. The number of carbonyl (C=O) groups is 2. The number of ether oxygens (including phenoxy) is 2. The van der Waals surface area contributed by atoms with Crippen LogP contribution in [0, 0.1) is 11.3 Å². The van der Waals surface area contributed by atoms with Crippen molar-refractivity contribution in [2.75, 3.05) is 14.2 Å². The van der Waals surface area contributed by atoms with E-state index in [1.807, 2.05) is 24.3 Å². The van der Waals surface area contributed by atoms with Gasteiger partial charge in [-0.2, -0.15) is 0 Å². The molecule has 0 aliphatic heterocycles. The topological polar surface area (TPSA) is 52.6 Å². The van der Waals surface area contributed by atoms with Gasteiger partial charge in [-0.3, -0.25) is 9.59 Å². The zero-order valence-electron chi connectivity index (χ0n) is 10.3. The molecule has 1 aromatic rings. The summed E-state index contributed by atoms with van der Waals surface area (Å²) in [7, 11) is 2.62. The summed E-state index contributed by atoms with van der Waals surface area (Å²) in [4.78, 5) is 24.0. The molecule has 1 fully saturated rings. The molecule has 4 heteroatoms. The molecule has 18 heavy (non-hydrogen) atoms. The van der Waals surface area contributed by atoms with Gasteiger partial charge >= 0.3 is 11.9 Å². The summed E-state index contributed by atoms with van der Waals surface area (Å²) in [5.41, 5.74) is 1.20. The van der Waals surface area contributed by atoms with E-state index < -0.39 is 17.4 Å². The molecule has 2 aliphatic carbocycles. The van der Waals surface area contributed by atoms with Gasteiger partial charge in [0, 0.05) is 5.92 Å². The molecule has 2 unspecified atom stereocenters. The number of hydrogen-bond acceptors (Lipinski definition) is 4. The number of methoxy groups -OCH3 is 2. The van der Waals surface area contributed by atoms with Crippen LogP contribution in [0.1, 0.15) is 17.0 Å². The van der Waals surface area contributed by atoms with Crippen molar-refractivity contribution in [3.05, 3.63) is 35.4 Å². The van der Waals surface area contributed by atoms with Gasteiger partial charge in [-0.25, -0.2) is 0 Å². The van der Waals surface area contributed by atoms with Gasteiger partial charge < -0.3 is 9.47 Å². The van der Waals surface area contributed by atoms with Crippen molar-refractivity contribution >= 4 is 11.9 Å². The maximum absolute atomic E-state index is 12.0. The fraction of sp³-hybridized carbons (Fsp3) is 0.429. The van der Waals surface area contributed by atoms with Gasteiger partial charge in [0.2, 0.25) is 0 Å². The molecule has 0 bridgehead atoms. The molecule has 2 atom stereocenters. The molecule has 4 nitrogen and oxygen atoms in total. The van der Waals surface area contributed by atoms with Gasteiger partial charge in [0.15, 0.2) is 5.41 Å². The van der Waals surface area contributed by atoms with Crippen molar-refractivity contribution in [2.24, 2.45) is 11.3 Å². The lowest BCUT2D eigenvalue weighted by molar-refractivity contribution is -0.162. The van der Waals surface area contributed by atoms with E-state index in [2.05, 4.69) is 0 Å². The summed E-state index contributed by atoms with van der Waals surface area (Å²) in [5.74, 6) is -1.03. The fourth-order valence-electron chi connectivity index (χ4n) is 3.44. The van der Waals surface area contributed by atoms with E-state index in [-0.39, 0.29) is 11.8 Å². The standard InChI is InChI=1S/C14H14O4/c1-17-12(15)14(13(16)18-2)10-7-8-5-3-4-6-9(8)11(10)14/h3-6,10-11H,7H2,1-2H3. The molecule has 1 saturated carbocycles. The average molecular weight is 246 g/mol. The number of benzene rings is 1. The Labute approximate surface area is 105 Å². The molecule has 0 radical (unpaired) electrons. The van der Waals surface area contributed by atoms with Crippen LogP contribution in [0.25, 0.3) is 0 Å². The van der Waals surface area contributed by atoms with Crippen LogP contribution < -0.4 is 0 Å². The van der Waals surface area contributed by atoms with Crippen LogP contribution in [0.2, 0.25) is 0 Å². The molecule has 0 N–H and O–H groups in total. The van der Waals surface area contributed by atoms with Gasteiger partial charge in [-0.05, 0) is 23.5 Å². The molecule has 0 saturated heterocycles. The number of carbonyl (C=O) groups excluding carboxylic acids is 2. The van der Waals surface area contributed by atoms with Crippen molar-refractivity contribution in [1.82, 2.24) is 0 Å². The Morgan fingerprint density at radius 1 is 1.17 bits per heavy atom. The first-order valence-electron chi connectivity index (χ1n) is 5.92. The molecular formula is C14H14O4. The minimum Gasteiger partial charge on any atom is -0.468 e. The van der Waals surface area contributed by atoms with Crippen LogP contribution in [-0.4, -0.2) is 26.2 Å². The van der Waals surface area contributed by atoms with E-state index in [4.69, 9.17) is 9.47 Å². The van der Waals surface area contributed by atoms with E-state index in [1.54, 1.807) is 0 Å². The lowest BCUT2D eigenvalue weighted by Gasteiger charge is -2.17. The molecule has 0 aromatic heterocycles. The van der Waals surface area contributed by atoms with Crippen LogP contribution in [0.3, 0.4) is 0 Å². The molecule has 0 heterocycles. The predicted molar refractivity (Wildman–Crippen MR) is 62.8 cm³/mol. The molecule has 94 valence electrons. The Bertz CT molecular complexity index is 518. The number of hydrogen-bond donors (Lipinski definition) is 0. The van der Waals surface area contributed by atoms with Crippen LogP contribution in [0.4, 0.5) is 0 Å². The lowest BCUT2D eigenvalue weighted by atomic mass is 9.91. The second-order valence-corrected chi connectivity index (χ2v) is 4.84. The highest BCUT2D eigenvalue weighted by Crippen LogP contribution is 2.71. The summed E-state index contributed by atoms with van der Waals surface area (Å²) in [6, 6.07) is 7.93. The third-order valence-corrected chi connectivity index (χ3v) is 4.24. The molecule has 1 aromatic carbocycles. The maximum atomic E-state index is 12.0. The van der Waals surface area contributed by atoms with Gasteiger partial charge in [0.05, 0.1) is 14.2 Å². The van der Waals surface area contributed by atoms with Crippen molar-refractivity contribution < 1.29 is 19.1 Å². The molecule has 0 spiro atoms. The Balaban J connectivity index is 2.04. The number of fused-ring (bicyclic) bond motifs is 3. The first-order chi connectivity index (χ1) is 8.67. The monoisotopic (exact) mass is 246 g/mol. The third-order valence-electron chi connectivity index (χ3n) is 4.24. The summed E-state index contributed by atoms with van der Waals surface area (Å²) in [6.45, 7) is 0. The molecule has 3 rings (SSSR count). The van der Waals surface area contributed by atoms with Crippen molar-refractivity contribution in [1.29, 1.82) is 0 Å². The van der Waals surface area contributed by atoms with Crippen molar-refractivity contribution in [2.45, 2.75) is 12.3 Å². The summed E-state index contributed by atoms with van der Waals surface area (Å²) >= 11 is 0. The van der Waals surface area contributed by atoms with Gasteiger partial charge in [0.1, 0.15) is 0 Å². The van der Waals surface area contributed by atoms with Gasteiger partial charge in [0.25, 0.3) is 0 Å². The van der Waals surface area contributed by atoms with Crippen LogP contribution in [0.5, 0.6) is 0 Å². The van der Waals surface area contributed by atoms with E-state index >= 15 is 0 Å². The summed E-state index contributed by atoms with van der Waals surface area (Å²) in [6.07, 6.45) is 0.741. The smallest absolute Gasteiger partial charge is 0.324 e. The predicted octanol–water partition coefficient (Wildman–Crippen LogP) is 1.29. The van der Waals surface area contributed by atoms with E-state index in [0.717, 1.165) is 12.0 Å². The quantitative estimate of drug-likeness (QED) is 0.583. The third kappa shape index (κ3) is 1.10. The Kier molecular flexibility index (Phi) is 2.24. The molecular weight excluding hydrogens is 232 g/mol. The SMILES string of the molecule is COC(=O)C1(C(=O)OC)C2Cc3ccccc3C21. The second-order valence-electron chi connectivity index (χ2n) is 4.84. The lowest BCUT2D eigenvalue weighted by Crippen LogP contribution is -2.33. The molecule has 2 aliphatic rings. The Morgan fingerprint density at radius 2 is 1.78 bits per heavy atom. The number of esters is 2. The number of rotatable bonds is 2. The second kappa shape index (κ2) is 3.57. The minimum atomic E-state index is -1.10. The summed E-state index contributed by atoms with van der Waals surface area (Å²) in [5, 5.41) is 0. The highest BCUT2D eigenvalue weighted by molar-refractivity contribution is 6.06. The van der Waals surface area contributed by atoms with Gasteiger partial charge in [-0.1, -0.05) is 24.3 Å². The highest BCUT2D eigenvalue weighted by atomic mass is 16.5. The normalized spacial score (nSPS) is 25.9. The Morgan fingerprint density at radius 3 is 2.39 bits per heavy atom. The maximum Gasteiger partial charge on any atom is 0.324 e. The van der Waals surface area contributed by atoms with Crippen molar-refractivity contribution in [3.63, 3.8) is 0 Å². The van der Waals surface area contributed by atoms with E-state index in [1.165, 1.54) is 19.8 Å². The first kappa shape index (κ1) is 11.3. The van der Waals surface area contributed by atoms with Crippen molar-refractivity contribution in [3.8, 4) is 0 Å². The van der Waals surface area contributed by atoms with Crippen LogP contribution >= 0.6 is 0 Å². The van der Waals surface area contributed by atoms with E-state index in [9.17, 15) is 9.59 Å². The van der Waals surface area contributed by atoms with Crippen LogP contribution in [0.15, 0.2) is 24.3 Å².